The molecule has 0 saturated heterocycles. The van der Waals surface area contributed by atoms with Gasteiger partial charge in [-0.2, -0.15) is 5.10 Å². The minimum atomic E-state index is -0.0582. The molecule has 1 aliphatic carbocycles. The van der Waals surface area contributed by atoms with E-state index in [1.165, 1.54) is 0 Å². The predicted molar refractivity (Wildman–Crippen MR) is 109 cm³/mol. The zero-order valence-electron chi connectivity index (χ0n) is 16.0. The summed E-state index contributed by atoms with van der Waals surface area (Å²) in [5.41, 5.74) is 17.6. The first kappa shape index (κ1) is 17.4. The maximum absolute atomic E-state index is 12.7. The molecule has 4 rings (SSSR count). The number of carbonyl (C=O) groups is 1. The first-order valence-corrected chi connectivity index (χ1v) is 9.12. The molecule has 0 spiro atoms. The van der Waals surface area contributed by atoms with Crippen molar-refractivity contribution in [3.63, 3.8) is 0 Å². The van der Waals surface area contributed by atoms with Crippen molar-refractivity contribution in [1.29, 1.82) is 0 Å². The fraction of sp³-hybridized carbons (Fsp3) is 0.333. The maximum Gasteiger partial charge on any atom is 0.165 e. The average molecular weight is 363 g/mol. The van der Waals surface area contributed by atoms with Crippen LogP contribution in [0.1, 0.15) is 41.9 Å². The van der Waals surface area contributed by atoms with Crippen molar-refractivity contribution in [2.24, 2.45) is 5.41 Å². The molecule has 6 nitrogen and oxygen atoms in total. The lowest BCUT2D eigenvalue weighted by Crippen LogP contribution is -2.28. The van der Waals surface area contributed by atoms with E-state index in [0.717, 1.165) is 39.8 Å². The second kappa shape index (κ2) is 5.74. The Bertz CT molecular complexity index is 1100. The van der Waals surface area contributed by atoms with Crippen LogP contribution in [0, 0.1) is 12.3 Å². The first-order chi connectivity index (χ1) is 12.7. The average Bonchev–Trinajstić information content (AvgIpc) is 3.04. The highest BCUT2D eigenvalue weighted by Crippen LogP contribution is 2.39. The number of nitrogens with two attached hydrogens (primary N) is 2. The molecular formula is C21H25N5O. The van der Waals surface area contributed by atoms with Gasteiger partial charge in [-0.15, -0.1) is 6.58 Å². The zero-order valence-corrected chi connectivity index (χ0v) is 16.0. The second-order valence-electron chi connectivity index (χ2n) is 8.23. The molecule has 3 aromatic rings. The number of Topliss-reactive ketones (excluding diaryl/α,β-unsaturated/α-hetero) is 1. The van der Waals surface area contributed by atoms with Crippen LogP contribution in [0.4, 0.5) is 11.5 Å². The molecule has 27 heavy (non-hydrogen) atoms. The third-order valence-electron chi connectivity index (χ3n) is 5.34. The highest BCUT2D eigenvalue weighted by Gasteiger charge is 2.34. The summed E-state index contributed by atoms with van der Waals surface area (Å²) in [5.74, 6) is 0.630. The predicted octanol–water partition coefficient (Wildman–Crippen LogP) is 3.64. The van der Waals surface area contributed by atoms with E-state index in [1.807, 2.05) is 25.3 Å². The number of hydrogen-bond donors (Lipinski definition) is 2. The number of nitrogens with zero attached hydrogens (tertiary/aromatic N) is 3. The topological polar surface area (TPSA) is 91.9 Å². The van der Waals surface area contributed by atoms with Gasteiger partial charge in [-0.25, -0.2) is 0 Å². The van der Waals surface area contributed by atoms with Crippen molar-refractivity contribution in [3.8, 4) is 5.69 Å². The Morgan fingerprint density at radius 1 is 1.30 bits per heavy atom. The van der Waals surface area contributed by atoms with Crippen molar-refractivity contribution < 1.29 is 4.79 Å². The fourth-order valence-electron chi connectivity index (χ4n) is 4.26. The molecule has 0 fully saturated rings. The Morgan fingerprint density at radius 3 is 2.74 bits per heavy atom. The van der Waals surface area contributed by atoms with Crippen LogP contribution in [-0.4, -0.2) is 20.1 Å². The summed E-state index contributed by atoms with van der Waals surface area (Å²) in [6.45, 7) is 10.6. The summed E-state index contributed by atoms with van der Waals surface area (Å²) < 4.78 is 3.90. The van der Waals surface area contributed by atoms with Gasteiger partial charge in [0.1, 0.15) is 0 Å². The van der Waals surface area contributed by atoms with Crippen molar-refractivity contribution in [3.05, 3.63) is 47.8 Å². The van der Waals surface area contributed by atoms with Gasteiger partial charge in [0, 0.05) is 35.2 Å². The molecule has 0 atom stereocenters. The number of nitrogen functional groups attached to an aromatic ring is 2. The third kappa shape index (κ3) is 2.63. The van der Waals surface area contributed by atoms with Crippen molar-refractivity contribution >= 4 is 28.2 Å². The maximum atomic E-state index is 12.7. The van der Waals surface area contributed by atoms with Gasteiger partial charge in [0.05, 0.1) is 17.4 Å². The van der Waals surface area contributed by atoms with Gasteiger partial charge in [0.2, 0.25) is 0 Å². The standard InChI is InChI=1S/C21H25N5O/c1-5-6-26-15-8-13(7-14(22)19(15)20(23)24-26)25-11-12(2)18-16(25)9-21(3,4)10-17(18)27/h5,7-8,11H,1,6,9-10,22H2,2-4H3,(H2,23,24). The lowest BCUT2D eigenvalue weighted by molar-refractivity contribution is 0.0910. The van der Waals surface area contributed by atoms with E-state index in [9.17, 15) is 4.79 Å². The number of fused-ring (bicyclic) bond motifs is 2. The summed E-state index contributed by atoms with van der Waals surface area (Å²) in [5, 5.41) is 5.14. The normalized spacial score (nSPS) is 15.9. The monoisotopic (exact) mass is 363 g/mol. The highest BCUT2D eigenvalue weighted by atomic mass is 16.1. The van der Waals surface area contributed by atoms with Crippen LogP contribution in [0.25, 0.3) is 16.6 Å². The molecule has 0 unspecified atom stereocenters. The van der Waals surface area contributed by atoms with Gasteiger partial charge in [-0.05, 0) is 36.5 Å². The van der Waals surface area contributed by atoms with Crippen LogP contribution < -0.4 is 11.5 Å². The Kier molecular flexibility index (Phi) is 3.70. The van der Waals surface area contributed by atoms with Crippen molar-refractivity contribution in [2.75, 3.05) is 11.5 Å². The lowest BCUT2D eigenvalue weighted by Gasteiger charge is -2.30. The molecule has 2 aromatic heterocycles. The van der Waals surface area contributed by atoms with E-state index >= 15 is 0 Å². The van der Waals surface area contributed by atoms with E-state index in [0.29, 0.717) is 24.5 Å². The van der Waals surface area contributed by atoms with Gasteiger partial charge in [-0.3, -0.25) is 9.48 Å². The van der Waals surface area contributed by atoms with Gasteiger partial charge < -0.3 is 16.0 Å². The molecule has 0 amide bonds. The molecule has 0 aliphatic heterocycles. The van der Waals surface area contributed by atoms with Crippen LogP contribution in [0.15, 0.2) is 31.0 Å². The van der Waals surface area contributed by atoms with E-state index < -0.39 is 0 Å². The van der Waals surface area contributed by atoms with Gasteiger partial charge in [0.15, 0.2) is 11.6 Å². The number of benzene rings is 1. The van der Waals surface area contributed by atoms with Gasteiger partial charge in [-0.1, -0.05) is 19.9 Å². The molecule has 1 aliphatic rings. The summed E-state index contributed by atoms with van der Waals surface area (Å²) in [6.07, 6.45) is 5.22. The summed E-state index contributed by atoms with van der Waals surface area (Å²) >= 11 is 0. The molecule has 140 valence electrons. The first-order valence-electron chi connectivity index (χ1n) is 9.12. The number of aryl methyl sites for hydroxylation is 1. The van der Waals surface area contributed by atoms with Gasteiger partial charge >= 0.3 is 0 Å². The number of hydrogen-bond acceptors (Lipinski definition) is 4. The minimum absolute atomic E-state index is 0.0582. The summed E-state index contributed by atoms with van der Waals surface area (Å²) in [7, 11) is 0. The molecule has 6 heteroatoms. The second-order valence-corrected chi connectivity index (χ2v) is 8.23. The van der Waals surface area contributed by atoms with Crippen LogP contribution in [0.5, 0.6) is 0 Å². The third-order valence-corrected chi connectivity index (χ3v) is 5.34. The molecule has 0 radical (unpaired) electrons. The van der Waals surface area contributed by atoms with E-state index in [-0.39, 0.29) is 11.2 Å². The SMILES string of the molecule is C=CCn1nc(N)c2c(N)cc(-n3cc(C)c4c3CC(C)(C)CC4=O)cc21. The summed E-state index contributed by atoms with van der Waals surface area (Å²) in [4.78, 5) is 12.7. The fourth-order valence-corrected chi connectivity index (χ4v) is 4.26. The Balaban J connectivity index is 1.96. The minimum Gasteiger partial charge on any atom is -0.398 e. The quantitative estimate of drug-likeness (QED) is 0.549. The number of allylic oxidation sites excluding steroid dienone is 1. The number of rotatable bonds is 3. The highest BCUT2D eigenvalue weighted by molar-refractivity contribution is 6.02. The van der Waals surface area contributed by atoms with Crippen LogP contribution in [0.3, 0.4) is 0 Å². The van der Waals surface area contributed by atoms with Crippen molar-refractivity contribution in [1.82, 2.24) is 14.3 Å². The number of carbonyl (C=O) groups excluding carboxylic acids is 1. The smallest absolute Gasteiger partial charge is 0.165 e. The lowest BCUT2D eigenvalue weighted by atomic mass is 9.75. The molecule has 4 N–H and O–H groups in total. The molecule has 0 bridgehead atoms. The van der Waals surface area contributed by atoms with Crippen molar-refractivity contribution in [2.45, 2.75) is 40.2 Å². The Hall–Kier alpha value is -3.02. The number of ketones is 1. The van der Waals surface area contributed by atoms with Crippen LogP contribution in [0.2, 0.25) is 0 Å². The van der Waals surface area contributed by atoms with Crippen LogP contribution >= 0.6 is 0 Å². The largest absolute Gasteiger partial charge is 0.398 e. The van der Waals surface area contributed by atoms with E-state index in [4.69, 9.17) is 11.5 Å². The van der Waals surface area contributed by atoms with Crippen LogP contribution in [-0.2, 0) is 13.0 Å². The number of anilines is 2. The molecule has 2 heterocycles. The molecule has 1 aromatic carbocycles. The summed E-state index contributed by atoms with van der Waals surface area (Å²) in [6, 6.07) is 3.94. The zero-order chi connectivity index (χ0) is 19.5. The van der Waals surface area contributed by atoms with E-state index in [1.54, 1.807) is 10.8 Å². The molecule has 0 saturated carbocycles. The number of aromatic nitrogens is 3. The van der Waals surface area contributed by atoms with Gasteiger partial charge in [0.25, 0.3) is 0 Å². The Morgan fingerprint density at radius 2 is 2.04 bits per heavy atom. The van der Waals surface area contributed by atoms with E-state index in [2.05, 4.69) is 30.1 Å². The molecular weight excluding hydrogens is 338 g/mol. The Labute approximate surface area is 158 Å².